The summed E-state index contributed by atoms with van der Waals surface area (Å²) in [6.07, 6.45) is 0. The zero-order valence-electron chi connectivity index (χ0n) is 31.7. The summed E-state index contributed by atoms with van der Waals surface area (Å²) >= 11 is 1.87. The summed E-state index contributed by atoms with van der Waals surface area (Å²) in [6.45, 7) is 0. The number of hydrogen-bond acceptors (Lipinski definition) is 2. The molecule has 0 N–H and O–H groups in total. The van der Waals surface area contributed by atoms with Gasteiger partial charge in [0.25, 0.3) is 0 Å². The average molecular weight is 756 g/mol. The molecule has 0 amide bonds. The van der Waals surface area contributed by atoms with E-state index in [1.165, 1.54) is 91.9 Å². The normalized spacial score (nSPS) is 11.4. The lowest BCUT2D eigenvalue weighted by Gasteiger charge is -2.27. The standard InChI is InChI=1S/C56H37NS/c1-3-13-40(14-4-1)50-33-32-49(37-53(50)41-15-5-2-6-16-41)57(54-20-11-19-52-51-18-9-10-21-55(51)58-56(52)54)48-30-28-39(29-31-48)43-24-25-46-36-47(27-26-45(46)35-43)44-23-22-38-12-7-8-17-42(38)34-44/h1-37H. The summed E-state index contributed by atoms with van der Waals surface area (Å²) in [5, 5.41) is 7.58. The Bertz CT molecular complexity index is 3270. The first kappa shape index (κ1) is 34.0. The van der Waals surface area contributed by atoms with Gasteiger partial charge in [-0.05, 0) is 121 Å². The van der Waals surface area contributed by atoms with Gasteiger partial charge in [0.15, 0.2) is 0 Å². The maximum atomic E-state index is 2.44. The maximum absolute atomic E-state index is 2.44. The molecule has 1 nitrogen and oxygen atoms in total. The van der Waals surface area contributed by atoms with E-state index in [0.717, 1.165) is 11.4 Å². The Morgan fingerprint density at radius 1 is 0.293 bits per heavy atom. The number of fused-ring (bicyclic) bond motifs is 5. The molecule has 0 saturated heterocycles. The van der Waals surface area contributed by atoms with Crippen molar-refractivity contribution >= 4 is 70.1 Å². The number of nitrogens with zero attached hydrogens (tertiary/aromatic N) is 1. The van der Waals surface area contributed by atoms with Crippen molar-refractivity contribution in [3.05, 3.63) is 224 Å². The second kappa shape index (κ2) is 14.4. The van der Waals surface area contributed by atoms with E-state index in [1.807, 2.05) is 11.3 Å². The van der Waals surface area contributed by atoms with Crippen LogP contribution in [0, 0.1) is 0 Å². The van der Waals surface area contributed by atoms with E-state index in [0.29, 0.717) is 0 Å². The van der Waals surface area contributed by atoms with Crippen molar-refractivity contribution in [2.75, 3.05) is 4.90 Å². The predicted octanol–water partition coefficient (Wildman–Crippen LogP) is 16.5. The molecule has 0 radical (unpaired) electrons. The Balaban J connectivity index is 1.01. The minimum atomic E-state index is 1.11. The zero-order valence-corrected chi connectivity index (χ0v) is 32.5. The summed E-state index contributed by atoms with van der Waals surface area (Å²) < 4.78 is 2.57. The summed E-state index contributed by atoms with van der Waals surface area (Å²) in [7, 11) is 0. The lowest BCUT2D eigenvalue weighted by molar-refractivity contribution is 1.30. The number of thiophene rings is 1. The molecule has 10 aromatic carbocycles. The van der Waals surface area contributed by atoms with Gasteiger partial charge in [-0.1, -0.05) is 170 Å². The van der Waals surface area contributed by atoms with Crippen LogP contribution in [0.1, 0.15) is 0 Å². The van der Waals surface area contributed by atoms with E-state index in [2.05, 4.69) is 229 Å². The van der Waals surface area contributed by atoms with Crippen LogP contribution in [-0.2, 0) is 0 Å². The average Bonchev–Trinajstić information content (AvgIpc) is 3.69. The minimum Gasteiger partial charge on any atom is -0.309 e. The van der Waals surface area contributed by atoms with Crippen molar-refractivity contribution in [2.24, 2.45) is 0 Å². The molecule has 1 aromatic heterocycles. The molecule has 58 heavy (non-hydrogen) atoms. The highest BCUT2D eigenvalue weighted by molar-refractivity contribution is 7.26. The summed E-state index contributed by atoms with van der Waals surface area (Å²) in [4.78, 5) is 2.44. The van der Waals surface area contributed by atoms with Crippen molar-refractivity contribution in [3.63, 3.8) is 0 Å². The first-order chi connectivity index (χ1) is 28.7. The van der Waals surface area contributed by atoms with Crippen LogP contribution in [-0.4, -0.2) is 0 Å². The van der Waals surface area contributed by atoms with Gasteiger partial charge in [-0.2, -0.15) is 0 Å². The van der Waals surface area contributed by atoms with E-state index < -0.39 is 0 Å². The van der Waals surface area contributed by atoms with E-state index in [-0.39, 0.29) is 0 Å². The number of anilines is 3. The van der Waals surface area contributed by atoms with Crippen molar-refractivity contribution in [3.8, 4) is 44.5 Å². The third kappa shape index (κ3) is 6.12. The molecule has 11 aromatic rings. The largest absolute Gasteiger partial charge is 0.309 e. The van der Waals surface area contributed by atoms with Crippen LogP contribution in [0.3, 0.4) is 0 Å². The van der Waals surface area contributed by atoms with Crippen LogP contribution in [0.2, 0.25) is 0 Å². The van der Waals surface area contributed by atoms with Crippen LogP contribution in [0.25, 0.3) is 86.2 Å². The van der Waals surface area contributed by atoms with Crippen LogP contribution in [0.5, 0.6) is 0 Å². The monoisotopic (exact) mass is 755 g/mol. The predicted molar refractivity (Wildman–Crippen MR) is 251 cm³/mol. The summed E-state index contributed by atoms with van der Waals surface area (Å²) in [5.41, 5.74) is 13.1. The van der Waals surface area contributed by atoms with Crippen LogP contribution in [0.15, 0.2) is 224 Å². The van der Waals surface area contributed by atoms with Crippen molar-refractivity contribution in [1.29, 1.82) is 0 Å². The molecule has 1 heterocycles. The number of rotatable bonds is 7. The van der Waals surface area contributed by atoms with Crippen LogP contribution >= 0.6 is 11.3 Å². The third-order valence-corrected chi connectivity index (χ3v) is 12.6. The molecule has 0 fully saturated rings. The van der Waals surface area contributed by atoms with Gasteiger partial charge in [0.2, 0.25) is 0 Å². The topological polar surface area (TPSA) is 3.24 Å². The lowest BCUT2D eigenvalue weighted by atomic mass is 9.93. The molecule has 0 spiro atoms. The first-order valence-electron chi connectivity index (χ1n) is 19.8. The fourth-order valence-corrected chi connectivity index (χ4v) is 9.72. The molecule has 11 rings (SSSR count). The highest BCUT2D eigenvalue weighted by Crippen LogP contribution is 2.46. The van der Waals surface area contributed by atoms with Gasteiger partial charge < -0.3 is 4.90 Å². The Morgan fingerprint density at radius 2 is 0.810 bits per heavy atom. The fraction of sp³-hybridized carbons (Fsp3) is 0. The van der Waals surface area contributed by atoms with Gasteiger partial charge in [0, 0.05) is 26.8 Å². The summed E-state index contributed by atoms with van der Waals surface area (Å²) in [6, 6.07) is 82.0. The zero-order chi connectivity index (χ0) is 38.4. The Hall–Kier alpha value is -7.26. The number of benzene rings is 10. The molecule has 0 aliphatic heterocycles. The SMILES string of the molecule is c1ccc(-c2ccc(N(c3ccc(-c4ccc5cc(-c6ccc7ccccc7c6)ccc5c4)cc3)c3cccc4c3sc3ccccc34)cc2-c2ccccc2)cc1. The van der Waals surface area contributed by atoms with Gasteiger partial charge in [0.1, 0.15) is 0 Å². The Labute approximate surface area is 342 Å². The molecule has 0 aliphatic carbocycles. The van der Waals surface area contributed by atoms with Gasteiger partial charge in [-0.25, -0.2) is 0 Å². The molecular weight excluding hydrogens is 719 g/mol. The molecule has 0 atom stereocenters. The van der Waals surface area contributed by atoms with Crippen LogP contribution < -0.4 is 4.90 Å². The molecule has 0 aliphatic rings. The second-order valence-corrected chi connectivity index (χ2v) is 16.0. The quantitative estimate of drug-likeness (QED) is 0.157. The van der Waals surface area contributed by atoms with Gasteiger partial charge in [-0.3, -0.25) is 0 Å². The van der Waals surface area contributed by atoms with Crippen molar-refractivity contribution in [1.82, 2.24) is 0 Å². The molecular formula is C56H37NS. The van der Waals surface area contributed by atoms with Gasteiger partial charge >= 0.3 is 0 Å². The van der Waals surface area contributed by atoms with E-state index in [9.17, 15) is 0 Å². The minimum absolute atomic E-state index is 1.11. The fourth-order valence-electron chi connectivity index (χ4n) is 8.51. The molecule has 0 bridgehead atoms. The van der Waals surface area contributed by atoms with E-state index >= 15 is 0 Å². The lowest BCUT2D eigenvalue weighted by Crippen LogP contribution is -2.10. The second-order valence-electron chi connectivity index (χ2n) is 14.9. The highest BCUT2D eigenvalue weighted by Gasteiger charge is 2.20. The molecule has 272 valence electrons. The van der Waals surface area contributed by atoms with E-state index in [4.69, 9.17) is 0 Å². The summed E-state index contributed by atoms with van der Waals surface area (Å²) in [5.74, 6) is 0. The maximum Gasteiger partial charge on any atom is 0.0640 e. The number of hydrogen-bond donors (Lipinski definition) is 0. The van der Waals surface area contributed by atoms with Gasteiger partial charge in [-0.15, -0.1) is 11.3 Å². The van der Waals surface area contributed by atoms with Gasteiger partial charge in [0.05, 0.1) is 10.4 Å². The van der Waals surface area contributed by atoms with Crippen molar-refractivity contribution < 1.29 is 0 Å². The third-order valence-electron chi connectivity index (χ3n) is 11.4. The smallest absolute Gasteiger partial charge is 0.0640 e. The Kier molecular flexibility index (Phi) is 8.42. The Morgan fingerprint density at radius 3 is 1.52 bits per heavy atom. The molecule has 2 heteroatoms. The van der Waals surface area contributed by atoms with Crippen LogP contribution in [0.4, 0.5) is 17.1 Å². The molecule has 0 saturated carbocycles. The van der Waals surface area contributed by atoms with E-state index in [1.54, 1.807) is 0 Å². The molecule has 0 unspecified atom stereocenters. The van der Waals surface area contributed by atoms with Crippen molar-refractivity contribution in [2.45, 2.75) is 0 Å². The highest BCUT2D eigenvalue weighted by atomic mass is 32.1. The first-order valence-corrected chi connectivity index (χ1v) is 20.6.